The van der Waals surface area contributed by atoms with Gasteiger partial charge in [0.1, 0.15) is 0 Å². The van der Waals surface area contributed by atoms with E-state index in [9.17, 15) is 0 Å². The van der Waals surface area contributed by atoms with Gasteiger partial charge in [-0.05, 0) is 60.6 Å². The fourth-order valence-electron chi connectivity index (χ4n) is 3.59. The van der Waals surface area contributed by atoms with Gasteiger partial charge in [0.15, 0.2) is 0 Å². The quantitative estimate of drug-likeness (QED) is 0.840. The summed E-state index contributed by atoms with van der Waals surface area (Å²) in [5.74, 6) is 2.27. The number of aryl methyl sites for hydroxylation is 1. The lowest BCUT2D eigenvalue weighted by molar-refractivity contribution is 0.218. The number of rotatable bonds is 6. The van der Waals surface area contributed by atoms with Gasteiger partial charge in [0, 0.05) is 12.5 Å². The molecule has 0 bridgehead atoms. The predicted molar refractivity (Wildman–Crippen MR) is 88.0 cm³/mol. The molecule has 1 fully saturated rings. The Morgan fingerprint density at radius 1 is 1.35 bits per heavy atom. The van der Waals surface area contributed by atoms with E-state index < -0.39 is 0 Å². The van der Waals surface area contributed by atoms with Crippen molar-refractivity contribution in [1.29, 1.82) is 0 Å². The van der Waals surface area contributed by atoms with Crippen LogP contribution in [0.3, 0.4) is 0 Å². The van der Waals surface area contributed by atoms with E-state index in [1.165, 1.54) is 35.8 Å². The molecule has 20 heavy (non-hydrogen) atoms. The summed E-state index contributed by atoms with van der Waals surface area (Å²) >= 11 is 3.73. The highest BCUT2D eigenvalue weighted by Crippen LogP contribution is 2.43. The first-order valence-electron chi connectivity index (χ1n) is 8.13. The number of halogens is 1. The summed E-state index contributed by atoms with van der Waals surface area (Å²) in [6.07, 6.45) is 7.33. The Hall–Kier alpha value is -0.350. The number of hydrogen-bond donors (Lipinski definition) is 1. The highest BCUT2D eigenvalue weighted by atomic mass is 79.9. The van der Waals surface area contributed by atoms with Crippen molar-refractivity contribution < 1.29 is 0 Å². The summed E-state index contributed by atoms with van der Waals surface area (Å²) < 4.78 is 3.38. The van der Waals surface area contributed by atoms with Gasteiger partial charge in [0.2, 0.25) is 0 Å². The normalized spacial score (nSPS) is 26.9. The van der Waals surface area contributed by atoms with Crippen LogP contribution in [0.2, 0.25) is 0 Å². The van der Waals surface area contributed by atoms with Crippen molar-refractivity contribution in [1.82, 2.24) is 15.1 Å². The number of nitrogens with zero attached hydrogens (tertiary/aromatic N) is 2. The number of hydrogen-bond acceptors (Lipinski definition) is 2. The second-order valence-electron chi connectivity index (χ2n) is 5.96. The van der Waals surface area contributed by atoms with Gasteiger partial charge in [-0.1, -0.05) is 26.7 Å². The Labute approximate surface area is 131 Å². The lowest BCUT2D eigenvalue weighted by Crippen LogP contribution is -2.33. The number of aromatic nitrogens is 2. The molecule has 1 N–H and O–H groups in total. The van der Waals surface area contributed by atoms with E-state index in [-0.39, 0.29) is 0 Å². The van der Waals surface area contributed by atoms with E-state index in [0.29, 0.717) is 5.92 Å². The van der Waals surface area contributed by atoms with E-state index in [1.54, 1.807) is 0 Å². The van der Waals surface area contributed by atoms with Gasteiger partial charge in [0.05, 0.1) is 16.4 Å². The molecule has 114 valence electrons. The minimum absolute atomic E-state index is 0.643. The maximum Gasteiger partial charge on any atom is 0.0635 e. The van der Waals surface area contributed by atoms with E-state index in [2.05, 4.69) is 51.8 Å². The molecule has 0 aromatic carbocycles. The first-order valence-corrected chi connectivity index (χ1v) is 8.92. The third-order valence-corrected chi connectivity index (χ3v) is 5.43. The van der Waals surface area contributed by atoms with Crippen LogP contribution in [0.1, 0.15) is 58.1 Å². The first kappa shape index (κ1) is 16.0. The van der Waals surface area contributed by atoms with Crippen LogP contribution in [0.25, 0.3) is 0 Å². The molecule has 1 heterocycles. The Morgan fingerprint density at radius 3 is 2.80 bits per heavy atom. The van der Waals surface area contributed by atoms with Crippen LogP contribution in [0.5, 0.6) is 0 Å². The Morgan fingerprint density at radius 2 is 2.15 bits per heavy atom. The monoisotopic (exact) mass is 341 g/mol. The maximum absolute atomic E-state index is 4.52. The lowest BCUT2D eigenvalue weighted by atomic mass is 9.71. The molecule has 1 saturated carbocycles. The average molecular weight is 342 g/mol. The van der Waals surface area contributed by atoms with Crippen molar-refractivity contribution in [3.8, 4) is 0 Å². The summed E-state index contributed by atoms with van der Waals surface area (Å²) in [5, 5.41) is 8.08. The van der Waals surface area contributed by atoms with Crippen molar-refractivity contribution in [3.05, 3.63) is 16.4 Å². The molecule has 0 amide bonds. The van der Waals surface area contributed by atoms with E-state index in [4.69, 9.17) is 0 Å². The smallest absolute Gasteiger partial charge is 0.0635 e. The van der Waals surface area contributed by atoms with Crippen molar-refractivity contribution in [2.75, 3.05) is 13.1 Å². The molecule has 0 aliphatic heterocycles. The summed E-state index contributed by atoms with van der Waals surface area (Å²) in [6, 6.07) is 0. The molecule has 2 rings (SSSR count). The average Bonchev–Trinajstić information content (AvgIpc) is 2.85. The van der Waals surface area contributed by atoms with Crippen molar-refractivity contribution in [2.24, 2.45) is 11.8 Å². The van der Waals surface area contributed by atoms with Crippen LogP contribution in [0.15, 0.2) is 10.7 Å². The van der Waals surface area contributed by atoms with Crippen molar-refractivity contribution >= 4 is 15.9 Å². The van der Waals surface area contributed by atoms with E-state index in [0.717, 1.165) is 31.5 Å². The topological polar surface area (TPSA) is 29.9 Å². The summed E-state index contributed by atoms with van der Waals surface area (Å²) in [7, 11) is 0. The Kier molecular flexibility index (Phi) is 6.09. The lowest BCUT2D eigenvalue weighted by Gasteiger charge is -2.36. The van der Waals surface area contributed by atoms with Crippen LogP contribution in [-0.4, -0.2) is 22.9 Å². The third kappa shape index (κ3) is 3.45. The summed E-state index contributed by atoms with van der Waals surface area (Å²) in [6.45, 7) is 9.87. The largest absolute Gasteiger partial charge is 0.317 e. The first-order chi connectivity index (χ1) is 9.71. The fraction of sp³-hybridized carbons (Fsp3) is 0.812. The molecule has 3 nitrogen and oxygen atoms in total. The standard InChI is InChI=1S/C16H28BrN3/c1-4-12-7-8-13(10-18-5-2)14(9-12)16-15(17)11-19-20(16)6-3/h11-14,18H,4-10H2,1-3H3. The maximum atomic E-state index is 4.52. The highest BCUT2D eigenvalue weighted by Gasteiger charge is 2.33. The third-order valence-electron chi connectivity index (χ3n) is 4.82. The molecule has 3 unspecified atom stereocenters. The SMILES string of the molecule is CCNCC1CCC(CC)CC1c1c(Br)cnn1CC. The van der Waals surface area contributed by atoms with Gasteiger partial charge >= 0.3 is 0 Å². The molecule has 1 aliphatic carbocycles. The molecule has 1 aromatic rings. The van der Waals surface area contributed by atoms with Crippen molar-refractivity contribution in [3.63, 3.8) is 0 Å². The van der Waals surface area contributed by atoms with Gasteiger partial charge in [-0.25, -0.2) is 0 Å². The van der Waals surface area contributed by atoms with E-state index >= 15 is 0 Å². The van der Waals surface area contributed by atoms with Crippen LogP contribution >= 0.6 is 15.9 Å². The molecular weight excluding hydrogens is 314 g/mol. The molecule has 1 aliphatic rings. The van der Waals surface area contributed by atoms with Gasteiger partial charge < -0.3 is 5.32 Å². The van der Waals surface area contributed by atoms with Crippen LogP contribution < -0.4 is 5.32 Å². The number of nitrogens with one attached hydrogen (secondary N) is 1. The highest BCUT2D eigenvalue weighted by molar-refractivity contribution is 9.10. The van der Waals surface area contributed by atoms with Gasteiger partial charge in [-0.15, -0.1) is 0 Å². The zero-order chi connectivity index (χ0) is 14.5. The van der Waals surface area contributed by atoms with E-state index in [1.807, 2.05) is 6.20 Å². The van der Waals surface area contributed by atoms with Crippen LogP contribution in [-0.2, 0) is 6.54 Å². The summed E-state index contributed by atoms with van der Waals surface area (Å²) in [5.41, 5.74) is 1.42. The van der Waals surface area contributed by atoms with Gasteiger partial charge in [-0.2, -0.15) is 5.10 Å². The molecule has 3 atom stereocenters. The van der Waals surface area contributed by atoms with Gasteiger partial charge in [0.25, 0.3) is 0 Å². The fourth-order valence-corrected chi connectivity index (χ4v) is 4.18. The second-order valence-corrected chi connectivity index (χ2v) is 6.81. The molecule has 0 spiro atoms. The Bertz CT molecular complexity index is 416. The van der Waals surface area contributed by atoms with Crippen molar-refractivity contribution in [2.45, 2.75) is 58.9 Å². The molecule has 4 heteroatoms. The molecule has 1 aromatic heterocycles. The second kappa shape index (κ2) is 7.60. The zero-order valence-corrected chi connectivity index (χ0v) is 14.6. The minimum atomic E-state index is 0.643. The van der Waals surface area contributed by atoms with Crippen LogP contribution in [0, 0.1) is 11.8 Å². The Balaban J connectivity index is 2.23. The molecule has 0 radical (unpaired) electrons. The zero-order valence-electron chi connectivity index (χ0n) is 13.0. The summed E-state index contributed by atoms with van der Waals surface area (Å²) in [4.78, 5) is 0. The minimum Gasteiger partial charge on any atom is -0.317 e. The molecular formula is C16H28BrN3. The van der Waals surface area contributed by atoms with Crippen LogP contribution in [0.4, 0.5) is 0 Å². The molecule has 0 saturated heterocycles. The predicted octanol–water partition coefficient (Wildman–Crippen LogP) is 4.18. The van der Waals surface area contributed by atoms with Gasteiger partial charge in [-0.3, -0.25) is 4.68 Å².